The van der Waals surface area contributed by atoms with E-state index in [9.17, 15) is 0 Å². The van der Waals surface area contributed by atoms with Crippen LogP contribution in [0.4, 0.5) is 0 Å². The highest BCUT2D eigenvalue weighted by molar-refractivity contribution is 5.14. The molecular weight excluding hydrogens is 232 g/mol. The van der Waals surface area contributed by atoms with Crippen LogP contribution >= 0.6 is 0 Å². The number of pyridine rings is 1. The van der Waals surface area contributed by atoms with Crippen molar-refractivity contribution >= 4 is 0 Å². The molecule has 19 heavy (non-hydrogen) atoms. The summed E-state index contributed by atoms with van der Waals surface area (Å²) in [5.41, 5.74) is 2.35. The summed E-state index contributed by atoms with van der Waals surface area (Å²) in [5.74, 6) is 2.42. The van der Waals surface area contributed by atoms with Crippen LogP contribution in [0.5, 0.6) is 0 Å². The van der Waals surface area contributed by atoms with Crippen molar-refractivity contribution < 1.29 is 0 Å². The first-order valence-corrected chi connectivity index (χ1v) is 7.77. The van der Waals surface area contributed by atoms with E-state index in [-0.39, 0.29) is 0 Å². The maximum Gasteiger partial charge on any atom is 0.0579 e. The molecule has 0 saturated heterocycles. The second-order valence-electron chi connectivity index (χ2n) is 6.42. The van der Waals surface area contributed by atoms with Gasteiger partial charge in [-0.1, -0.05) is 26.8 Å². The fourth-order valence-corrected chi connectivity index (χ4v) is 3.75. The highest BCUT2D eigenvalue weighted by Crippen LogP contribution is 2.39. The Morgan fingerprint density at radius 3 is 2.47 bits per heavy atom. The molecule has 1 N–H and O–H groups in total. The molecule has 0 amide bonds. The van der Waals surface area contributed by atoms with Crippen LogP contribution in [0.2, 0.25) is 0 Å². The van der Waals surface area contributed by atoms with E-state index in [1.54, 1.807) is 0 Å². The Labute approximate surface area is 118 Å². The maximum absolute atomic E-state index is 4.75. The van der Waals surface area contributed by atoms with Crippen molar-refractivity contribution in [2.75, 3.05) is 6.54 Å². The summed E-state index contributed by atoms with van der Waals surface area (Å²) in [6.07, 6.45) is 4.05. The van der Waals surface area contributed by atoms with E-state index in [4.69, 9.17) is 4.98 Å². The lowest BCUT2D eigenvalue weighted by Gasteiger charge is -2.36. The van der Waals surface area contributed by atoms with Crippen molar-refractivity contribution in [3.05, 3.63) is 29.6 Å². The smallest absolute Gasteiger partial charge is 0.0579 e. The molecule has 2 heteroatoms. The lowest BCUT2D eigenvalue weighted by atomic mass is 9.73. The third-order valence-electron chi connectivity index (χ3n) is 4.34. The van der Waals surface area contributed by atoms with Gasteiger partial charge in [0, 0.05) is 5.69 Å². The Balaban J connectivity index is 2.19. The van der Waals surface area contributed by atoms with Crippen molar-refractivity contribution in [1.82, 2.24) is 10.3 Å². The lowest BCUT2D eigenvalue weighted by Crippen LogP contribution is -2.33. The average molecular weight is 260 g/mol. The van der Waals surface area contributed by atoms with Gasteiger partial charge in [-0.3, -0.25) is 4.98 Å². The molecule has 1 aromatic rings. The van der Waals surface area contributed by atoms with Crippen LogP contribution in [0.1, 0.15) is 57.5 Å². The number of aromatic nitrogens is 1. The van der Waals surface area contributed by atoms with Crippen LogP contribution in [0, 0.1) is 24.7 Å². The molecule has 0 radical (unpaired) electrons. The predicted molar refractivity (Wildman–Crippen MR) is 81.1 cm³/mol. The van der Waals surface area contributed by atoms with E-state index in [2.05, 4.69) is 51.2 Å². The molecule has 2 rings (SSSR count). The first kappa shape index (κ1) is 14.5. The normalized spacial score (nSPS) is 29.2. The molecule has 0 aliphatic heterocycles. The topological polar surface area (TPSA) is 24.9 Å². The molecule has 1 saturated carbocycles. The van der Waals surface area contributed by atoms with E-state index in [0.717, 1.165) is 30.0 Å². The Kier molecular flexibility index (Phi) is 4.98. The summed E-state index contributed by atoms with van der Waals surface area (Å²) in [6.45, 7) is 10.1. The van der Waals surface area contributed by atoms with Crippen molar-refractivity contribution in [3.8, 4) is 0 Å². The Morgan fingerprint density at radius 2 is 1.89 bits per heavy atom. The van der Waals surface area contributed by atoms with Gasteiger partial charge in [0.1, 0.15) is 0 Å². The molecular formula is C17H28N2. The van der Waals surface area contributed by atoms with Gasteiger partial charge in [-0.05, 0) is 62.6 Å². The van der Waals surface area contributed by atoms with Gasteiger partial charge < -0.3 is 5.32 Å². The quantitative estimate of drug-likeness (QED) is 0.881. The highest BCUT2D eigenvalue weighted by atomic mass is 14.9. The second-order valence-corrected chi connectivity index (χ2v) is 6.42. The van der Waals surface area contributed by atoms with Crippen LogP contribution in [0.15, 0.2) is 18.2 Å². The summed E-state index contributed by atoms with van der Waals surface area (Å²) in [4.78, 5) is 4.75. The van der Waals surface area contributed by atoms with Gasteiger partial charge in [0.25, 0.3) is 0 Å². The number of rotatable bonds is 4. The molecule has 1 fully saturated rings. The van der Waals surface area contributed by atoms with Gasteiger partial charge >= 0.3 is 0 Å². The summed E-state index contributed by atoms with van der Waals surface area (Å²) in [6, 6.07) is 6.83. The van der Waals surface area contributed by atoms with E-state index in [0.29, 0.717) is 6.04 Å². The second kappa shape index (κ2) is 6.51. The first-order chi connectivity index (χ1) is 9.10. The Bertz CT molecular complexity index is 392. The Morgan fingerprint density at radius 1 is 1.21 bits per heavy atom. The summed E-state index contributed by atoms with van der Waals surface area (Å²) in [5, 5.41) is 3.67. The van der Waals surface area contributed by atoms with E-state index < -0.39 is 0 Å². The summed E-state index contributed by atoms with van der Waals surface area (Å²) < 4.78 is 0. The van der Waals surface area contributed by atoms with Crippen LogP contribution < -0.4 is 5.32 Å². The number of aryl methyl sites for hydroxylation is 1. The van der Waals surface area contributed by atoms with Gasteiger partial charge in [0.05, 0.1) is 11.7 Å². The zero-order chi connectivity index (χ0) is 13.8. The minimum atomic E-state index is 0.426. The van der Waals surface area contributed by atoms with Crippen molar-refractivity contribution in [2.45, 2.75) is 53.0 Å². The molecule has 2 nitrogen and oxygen atoms in total. The van der Waals surface area contributed by atoms with Crippen LogP contribution in [-0.2, 0) is 0 Å². The molecule has 0 spiro atoms. The van der Waals surface area contributed by atoms with Crippen LogP contribution in [-0.4, -0.2) is 11.5 Å². The molecule has 3 atom stereocenters. The molecule has 1 aliphatic carbocycles. The van der Waals surface area contributed by atoms with Gasteiger partial charge in [-0.2, -0.15) is 0 Å². The van der Waals surface area contributed by atoms with E-state index in [1.807, 2.05) is 0 Å². The van der Waals surface area contributed by atoms with Gasteiger partial charge in [-0.25, -0.2) is 0 Å². The van der Waals surface area contributed by atoms with Crippen LogP contribution in [0.3, 0.4) is 0 Å². The minimum Gasteiger partial charge on any atom is -0.309 e. The number of hydrogen-bond donors (Lipinski definition) is 1. The average Bonchev–Trinajstić information content (AvgIpc) is 2.34. The van der Waals surface area contributed by atoms with Gasteiger partial charge in [-0.15, -0.1) is 0 Å². The van der Waals surface area contributed by atoms with Crippen molar-refractivity contribution in [2.24, 2.45) is 17.8 Å². The summed E-state index contributed by atoms with van der Waals surface area (Å²) >= 11 is 0. The monoisotopic (exact) mass is 260 g/mol. The predicted octanol–water partition coefficient (Wildman–Crippen LogP) is 4.11. The molecule has 1 heterocycles. The van der Waals surface area contributed by atoms with Crippen molar-refractivity contribution in [1.29, 1.82) is 0 Å². The number of nitrogens with zero attached hydrogens (tertiary/aromatic N) is 1. The fraction of sp³-hybridized carbons (Fsp3) is 0.706. The number of hydrogen-bond acceptors (Lipinski definition) is 2. The standard InChI is InChI=1S/C17H28N2/c1-5-18-17(16-8-6-7-14(4)19-16)15-10-12(2)9-13(3)11-15/h6-8,12-13,15,17-18H,5,9-11H2,1-4H3. The van der Waals surface area contributed by atoms with E-state index >= 15 is 0 Å². The minimum absolute atomic E-state index is 0.426. The number of nitrogens with one attached hydrogen (secondary N) is 1. The van der Waals surface area contributed by atoms with Crippen molar-refractivity contribution in [3.63, 3.8) is 0 Å². The maximum atomic E-state index is 4.75. The molecule has 0 bridgehead atoms. The third kappa shape index (κ3) is 3.79. The van der Waals surface area contributed by atoms with Crippen LogP contribution in [0.25, 0.3) is 0 Å². The largest absolute Gasteiger partial charge is 0.309 e. The molecule has 3 unspecified atom stereocenters. The highest BCUT2D eigenvalue weighted by Gasteiger charge is 2.31. The lowest BCUT2D eigenvalue weighted by molar-refractivity contribution is 0.175. The zero-order valence-electron chi connectivity index (χ0n) is 12.8. The fourth-order valence-electron chi connectivity index (χ4n) is 3.75. The van der Waals surface area contributed by atoms with E-state index in [1.165, 1.54) is 25.0 Å². The molecule has 1 aromatic heterocycles. The molecule has 106 valence electrons. The van der Waals surface area contributed by atoms with Gasteiger partial charge in [0.15, 0.2) is 0 Å². The molecule has 1 aliphatic rings. The van der Waals surface area contributed by atoms with Gasteiger partial charge in [0.2, 0.25) is 0 Å². The Hall–Kier alpha value is -0.890. The summed E-state index contributed by atoms with van der Waals surface area (Å²) in [7, 11) is 0. The SMILES string of the molecule is CCNC(c1cccc(C)n1)C1CC(C)CC(C)C1. The zero-order valence-corrected chi connectivity index (χ0v) is 12.8. The third-order valence-corrected chi connectivity index (χ3v) is 4.34. The molecule has 0 aromatic carbocycles. The first-order valence-electron chi connectivity index (χ1n) is 7.77.